The SMILES string of the molecule is COC(=O)N1CCC[C@@H]1CNc1nc(-c2ccncc2)cc(=O)n1C. The number of carbonyl (C=O) groups is 1. The highest BCUT2D eigenvalue weighted by molar-refractivity contribution is 5.68. The molecule has 1 saturated heterocycles. The molecular formula is C17H21N5O3. The minimum Gasteiger partial charge on any atom is -0.453 e. The van der Waals surface area contributed by atoms with E-state index in [1.165, 1.54) is 17.7 Å². The van der Waals surface area contributed by atoms with E-state index in [0.29, 0.717) is 24.7 Å². The number of nitrogens with one attached hydrogen (secondary N) is 1. The average Bonchev–Trinajstić information content (AvgIpc) is 3.11. The number of ether oxygens (including phenoxy) is 1. The second-order valence-electron chi connectivity index (χ2n) is 5.94. The number of pyridine rings is 1. The summed E-state index contributed by atoms with van der Waals surface area (Å²) < 4.78 is 6.28. The summed E-state index contributed by atoms with van der Waals surface area (Å²) in [6.45, 7) is 1.19. The van der Waals surface area contributed by atoms with Gasteiger partial charge in [0.15, 0.2) is 0 Å². The highest BCUT2D eigenvalue weighted by Crippen LogP contribution is 2.19. The zero-order chi connectivity index (χ0) is 17.8. The Bertz CT molecular complexity index is 806. The Labute approximate surface area is 145 Å². The number of rotatable bonds is 4. The van der Waals surface area contributed by atoms with Crippen LogP contribution < -0.4 is 10.9 Å². The van der Waals surface area contributed by atoms with Crippen molar-refractivity contribution in [2.45, 2.75) is 18.9 Å². The van der Waals surface area contributed by atoms with Crippen molar-refractivity contribution in [1.29, 1.82) is 0 Å². The second kappa shape index (κ2) is 7.33. The number of hydrogen-bond acceptors (Lipinski definition) is 6. The minimum atomic E-state index is -0.323. The molecule has 3 heterocycles. The van der Waals surface area contributed by atoms with Gasteiger partial charge in [0.2, 0.25) is 5.95 Å². The first kappa shape index (κ1) is 16.9. The van der Waals surface area contributed by atoms with E-state index < -0.39 is 0 Å². The van der Waals surface area contributed by atoms with E-state index in [1.807, 2.05) is 12.1 Å². The van der Waals surface area contributed by atoms with Gasteiger partial charge in [-0.3, -0.25) is 14.3 Å². The third kappa shape index (κ3) is 3.62. The monoisotopic (exact) mass is 343 g/mol. The van der Waals surface area contributed by atoms with Crippen LogP contribution in [-0.2, 0) is 11.8 Å². The van der Waals surface area contributed by atoms with E-state index in [4.69, 9.17) is 4.74 Å². The van der Waals surface area contributed by atoms with Gasteiger partial charge in [-0.25, -0.2) is 9.78 Å². The molecule has 1 N–H and O–H groups in total. The molecule has 0 aliphatic carbocycles. The van der Waals surface area contributed by atoms with E-state index in [9.17, 15) is 9.59 Å². The summed E-state index contributed by atoms with van der Waals surface area (Å²) in [7, 11) is 3.05. The van der Waals surface area contributed by atoms with Gasteiger partial charge in [-0.2, -0.15) is 0 Å². The van der Waals surface area contributed by atoms with Crippen molar-refractivity contribution in [3.05, 3.63) is 40.9 Å². The van der Waals surface area contributed by atoms with Crippen molar-refractivity contribution in [2.24, 2.45) is 7.05 Å². The Morgan fingerprint density at radius 2 is 2.16 bits per heavy atom. The van der Waals surface area contributed by atoms with E-state index in [1.54, 1.807) is 24.3 Å². The Morgan fingerprint density at radius 3 is 2.88 bits per heavy atom. The molecule has 2 aromatic rings. The van der Waals surface area contributed by atoms with Crippen LogP contribution in [0.25, 0.3) is 11.3 Å². The predicted octanol–water partition coefficient (Wildman–Crippen LogP) is 1.48. The van der Waals surface area contributed by atoms with Crippen LogP contribution in [0.5, 0.6) is 0 Å². The van der Waals surface area contributed by atoms with Gasteiger partial charge in [0, 0.05) is 44.2 Å². The Kier molecular flexibility index (Phi) is 4.97. The lowest BCUT2D eigenvalue weighted by molar-refractivity contribution is 0.120. The Balaban J connectivity index is 1.79. The molecule has 3 rings (SSSR count). The molecule has 8 heteroatoms. The predicted molar refractivity (Wildman–Crippen MR) is 93.3 cm³/mol. The fourth-order valence-corrected chi connectivity index (χ4v) is 2.98. The second-order valence-corrected chi connectivity index (χ2v) is 5.94. The summed E-state index contributed by atoms with van der Waals surface area (Å²) in [5.74, 6) is 0.469. The van der Waals surface area contributed by atoms with E-state index in [2.05, 4.69) is 15.3 Å². The van der Waals surface area contributed by atoms with Crippen LogP contribution in [0.1, 0.15) is 12.8 Å². The molecule has 1 amide bonds. The van der Waals surface area contributed by atoms with Crippen LogP contribution in [0.2, 0.25) is 0 Å². The summed E-state index contributed by atoms with van der Waals surface area (Å²) in [6, 6.07) is 5.13. The Morgan fingerprint density at radius 1 is 1.40 bits per heavy atom. The lowest BCUT2D eigenvalue weighted by Gasteiger charge is -2.24. The quantitative estimate of drug-likeness (QED) is 0.904. The van der Waals surface area contributed by atoms with Crippen LogP contribution in [0.15, 0.2) is 35.4 Å². The molecule has 1 aliphatic rings. The van der Waals surface area contributed by atoms with Crippen molar-refractivity contribution in [3.8, 4) is 11.3 Å². The van der Waals surface area contributed by atoms with Crippen molar-refractivity contribution < 1.29 is 9.53 Å². The summed E-state index contributed by atoms with van der Waals surface area (Å²) in [4.78, 5) is 34.3. The van der Waals surface area contributed by atoms with Crippen molar-refractivity contribution in [2.75, 3.05) is 25.5 Å². The molecule has 0 saturated carbocycles. The van der Waals surface area contributed by atoms with Gasteiger partial charge in [0.05, 0.1) is 18.8 Å². The number of likely N-dealkylation sites (tertiary alicyclic amines) is 1. The molecule has 1 aliphatic heterocycles. The zero-order valence-corrected chi connectivity index (χ0v) is 14.3. The number of hydrogen-bond donors (Lipinski definition) is 1. The van der Waals surface area contributed by atoms with E-state index in [-0.39, 0.29) is 17.7 Å². The smallest absolute Gasteiger partial charge is 0.409 e. The molecule has 0 bridgehead atoms. The molecule has 1 atom stereocenters. The van der Waals surface area contributed by atoms with Crippen LogP contribution in [0, 0.1) is 0 Å². The van der Waals surface area contributed by atoms with Crippen LogP contribution in [0.3, 0.4) is 0 Å². The number of amides is 1. The largest absolute Gasteiger partial charge is 0.453 e. The van der Waals surface area contributed by atoms with Gasteiger partial charge in [-0.15, -0.1) is 0 Å². The molecule has 0 radical (unpaired) electrons. The Hall–Kier alpha value is -2.90. The van der Waals surface area contributed by atoms with Crippen LogP contribution in [-0.4, -0.2) is 51.8 Å². The maximum absolute atomic E-state index is 12.2. The van der Waals surface area contributed by atoms with Gasteiger partial charge in [0.25, 0.3) is 5.56 Å². The van der Waals surface area contributed by atoms with Gasteiger partial charge in [-0.1, -0.05) is 0 Å². The molecule has 0 spiro atoms. The topological polar surface area (TPSA) is 89.3 Å². The standard InChI is InChI=1S/C17H21N5O3/c1-21-15(23)10-14(12-5-7-18-8-6-12)20-16(21)19-11-13-4-3-9-22(13)17(24)25-2/h5-8,10,13H,3-4,9,11H2,1-2H3,(H,19,20)/t13-/m1/s1. The summed E-state index contributed by atoms with van der Waals surface area (Å²) >= 11 is 0. The van der Waals surface area contributed by atoms with E-state index >= 15 is 0 Å². The molecule has 0 aromatic carbocycles. The van der Waals surface area contributed by atoms with Crippen molar-refractivity contribution in [3.63, 3.8) is 0 Å². The lowest BCUT2D eigenvalue weighted by Crippen LogP contribution is -2.40. The number of anilines is 1. The molecule has 0 unspecified atom stereocenters. The summed E-state index contributed by atoms with van der Waals surface area (Å²) in [6.07, 6.45) is 4.82. The molecule has 25 heavy (non-hydrogen) atoms. The number of carbonyl (C=O) groups excluding carboxylic acids is 1. The third-order valence-electron chi connectivity index (χ3n) is 4.39. The van der Waals surface area contributed by atoms with Gasteiger partial charge in [0.1, 0.15) is 0 Å². The van der Waals surface area contributed by atoms with Crippen LogP contribution >= 0.6 is 0 Å². The molecule has 132 valence electrons. The first-order chi connectivity index (χ1) is 12.1. The summed E-state index contributed by atoms with van der Waals surface area (Å²) in [5.41, 5.74) is 1.26. The van der Waals surface area contributed by atoms with Gasteiger partial charge >= 0.3 is 6.09 Å². The number of aromatic nitrogens is 3. The van der Waals surface area contributed by atoms with Crippen molar-refractivity contribution in [1.82, 2.24) is 19.4 Å². The van der Waals surface area contributed by atoms with Gasteiger partial charge in [-0.05, 0) is 25.0 Å². The minimum absolute atomic E-state index is 0.0222. The molecule has 2 aromatic heterocycles. The zero-order valence-electron chi connectivity index (χ0n) is 14.3. The van der Waals surface area contributed by atoms with E-state index in [0.717, 1.165) is 18.4 Å². The van der Waals surface area contributed by atoms with Crippen LogP contribution in [0.4, 0.5) is 10.7 Å². The molecular weight excluding hydrogens is 322 g/mol. The summed E-state index contributed by atoms with van der Waals surface area (Å²) in [5, 5.41) is 3.20. The molecule has 8 nitrogen and oxygen atoms in total. The highest BCUT2D eigenvalue weighted by Gasteiger charge is 2.29. The maximum Gasteiger partial charge on any atom is 0.409 e. The maximum atomic E-state index is 12.2. The average molecular weight is 343 g/mol. The molecule has 1 fully saturated rings. The normalized spacial score (nSPS) is 16.7. The third-order valence-corrected chi connectivity index (χ3v) is 4.39. The highest BCUT2D eigenvalue weighted by atomic mass is 16.5. The number of nitrogens with zero attached hydrogens (tertiary/aromatic N) is 4. The fraction of sp³-hybridized carbons (Fsp3) is 0.412. The lowest BCUT2D eigenvalue weighted by atomic mass is 10.2. The fourth-order valence-electron chi connectivity index (χ4n) is 2.98. The van der Waals surface area contributed by atoms with Gasteiger partial charge < -0.3 is 15.0 Å². The number of methoxy groups -OCH3 is 1. The van der Waals surface area contributed by atoms with Crippen molar-refractivity contribution >= 4 is 12.0 Å². The first-order valence-electron chi connectivity index (χ1n) is 8.17. The first-order valence-corrected chi connectivity index (χ1v) is 8.17.